The van der Waals surface area contributed by atoms with Crippen molar-refractivity contribution in [2.75, 3.05) is 6.54 Å². The lowest BCUT2D eigenvalue weighted by atomic mass is 10.1. The Morgan fingerprint density at radius 1 is 1.43 bits per heavy atom. The molecule has 0 amide bonds. The molecule has 3 N–H and O–H groups in total. The van der Waals surface area contributed by atoms with Crippen molar-refractivity contribution in [2.45, 2.75) is 44.2 Å². The third kappa shape index (κ3) is 6.68. The topological polar surface area (TPSA) is 90.0 Å². The summed E-state index contributed by atoms with van der Waals surface area (Å²) in [5.74, 6) is 0.285. The van der Waals surface area contributed by atoms with Crippen LogP contribution >= 0.6 is 12.4 Å². The molecule has 0 aromatic carbocycles. The van der Waals surface area contributed by atoms with Gasteiger partial charge in [0.1, 0.15) is 11.4 Å². The van der Waals surface area contributed by atoms with E-state index in [9.17, 15) is 17.2 Å². The van der Waals surface area contributed by atoms with Crippen LogP contribution in [0.25, 0.3) is 0 Å². The fraction of sp³-hybridized carbons (Fsp3) is 0.727. The molecule has 0 radical (unpaired) electrons. The molecule has 1 rings (SSSR count). The third-order valence-electron chi connectivity index (χ3n) is 2.61. The molecule has 21 heavy (non-hydrogen) atoms. The van der Waals surface area contributed by atoms with Crippen molar-refractivity contribution in [3.63, 3.8) is 0 Å². The van der Waals surface area contributed by atoms with E-state index in [1.54, 1.807) is 0 Å². The summed E-state index contributed by atoms with van der Waals surface area (Å²) in [5, 5.41) is 3.60. The number of rotatable bonds is 8. The largest absolute Gasteiger partial charge is 0.329 e. The predicted molar refractivity (Wildman–Crippen MR) is 78.1 cm³/mol. The molecule has 0 spiro atoms. The Balaban J connectivity index is 0.00000400. The minimum absolute atomic E-state index is 0. The highest BCUT2D eigenvalue weighted by Gasteiger charge is 2.22. The minimum atomic E-state index is -3.79. The monoisotopic (exact) mass is 346 g/mol. The third-order valence-corrected chi connectivity index (χ3v) is 4.08. The smallest absolute Gasteiger partial charge is 0.257 e. The first-order valence-corrected chi connectivity index (χ1v) is 7.76. The summed E-state index contributed by atoms with van der Waals surface area (Å²) >= 11 is 0. The maximum absolute atomic E-state index is 12.2. The first-order valence-electron chi connectivity index (χ1n) is 6.27. The van der Waals surface area contributed by atoms with E-state index >= 15 is 0 Å². The van der Waals surface area contributed by atoms with Gasteiger partial charge >= 0.3 is 0 Å². The zero-order valence-corrected chi connectivity index (χ0v) is 13.5. The van der Waals surface area contributed by atoms with E-state index in [4.69, 9.17) is 5.73 Å². The molecule has 1 aromatic heterocycles. The predicted octanol–water partition coefficient (Wildman–Crippen LogP) is 1.22. The van der Waals surface area contributed by atoms with E-state index in [0.717, 1.165) is 17.1 Å². The molecule has 6 nitrogen and oxygen atoms in total. The van der Waals surface area contributed by atoms with Crippen molar-refractivity contribution in [3.05, 3.63) is 12.4 Å². The number of nitrogens with zero attached hydrogens (tertiary/aromatic N) is 2. The fourth-order valence-corrected chi connectivity index (χ4v) is 2.99. The lowest BCUT2D eigenvalue weighted by molar-refractivity contribution is 0.121. The number of halogens is 3. The van der Waals surface area contributed by atoms with Crippen LogP contribution in [0.15, 0.2) is 17.3 Å². The second-order valence-electron chi connectivity index (χ2n) is 4.97. The number of aromatic nitrogens is 2. The molecule has 0 aliphatic carbocycles. The summed E-state index contributed by atoms with van der Waals surface area (Å²) < 4.78 is 51.9. The van der Waals surface area contributed by atoms with Crippen LogP contribution in [0.2, 0.25) is 0 Å². The van der Waals surface area contributed by atoms with E-state index in [1.807, 2.05) is 13.8 Å². The van der Waals surface area contributed by atoms with Crippen molar-refractivity contribution in [2.24, 2.45) is 11.7 Å². The van der Waals surface area contributed by atoms with Gasteiger partial charge in [-0.15, -0.1) is 12.4 Å². The van der Waals surface area contributed by atoms with Gasteiger partial charge in [0.25, 0.3) is 6.43 Å². The molecule has 1 heterocycles. The average molecular weight is 347 g/mol. The number of nitrogens with two attached hydrogens (primary N) is 1. The molecule has 0 saturated carbocycles. The molecule has 0 bridgehead atoms. The van der Waals surface area contributed by atoms with Gasteiger partial charge in [0.15, 0.2) is 0 Å². The summed E-state index contributed by atoms with van der Waals surface area (Å²) in [5.41, 5.74) is 5.53. The molecule has 10 heteroatoms. The van der Waals surface area contributed by atoms with Gasteiger partial charge < -0.3 is 5.73 Å². The van der Waals surface area contributed by atoms with Crippen LogP contribution in [-0.4, -0.2) is 37.2 Å². The molecular weight excluding hydrogens is 326 g/mol. The summed E-state index contributed by atoms with van der Waals surface area (Å²) in [6.07, 6.45) is 0.141. The van der Waals surface area contributed by atoms with Gasteiger partial charge in [0, 0.05) is 18.8 Å². The SMILES string of the molecule is CC(C)CC(CN)NS(=O)(=O)c1cnn(CC(F)F)c1.Cl. The first kappa shape index (κ1) is 20.2. The fourth-order valence-electron chi connectivity index (χ4n) is 1.77. The van der Waals surface area contributed by atoms with E-state index < -0.39 is 29.0 Å². The summed E-state index contributed by atoms with van der Waals surface area (Å²) in [4.78, 5) is -0.139. The quantitative estimate of drug-likeness (QED) is 0.740. The van der Waals surface area contributed by atoms with Crippen molar-refractivity contribution in [1.29, 1.82) is 0 Å². The van der Waals surface area contributed by atoms with Crippen LogP contribution in [0.5, 0.6) is 0 Å². The average Bonchev–Trinajstić information content (AvgIpc) is 2.75. The molecule has 0 aliphatic heterocycles. The lowest BCUT2D eigenvalue weighted by Gasteiger charge is -2.18. The van der Waals surface area contributed by atoms with Crippen molar-refractivity contribution < 1.29 is 17.2 Å². The molecule has 0 saturated heterocycles. The van der Waals surface area contributed by atoms with E-state index in [1.165, 1.54) is 0 Å². The second kappa shape index (κ2) is 8.62. The zero-order chi connectivity index (χ0) is 15.3. The lowest BCUT2D eigenvalue weighted by Crippen LogP contribution is -2.40. The normalized spacial score (nSPS) is 13.5. The molecule has 0 aliphatic rings. The van der Waals surface area contributed by atoms with Gasteiger partial charge in [-0.3, -0.25) is 4.68 Å². The maximum atomic E-state index is 12.2. The summed E-state index contributed by atoms with van der Waals surface area (Å²) in [6, 6.07) is -0.390. The maximum Gasteiger partial charge on any atom is 0.257 e. The highest BCUT2D eigenvalue weighted by molar-refractivity contribution is 7.89. The van der Waals surface area contributed by atoms with Crippen LogP contribution < -0.4 is 10.5 Å². The van der Waals surface area contributed by atoms with E-state index in [0.29, 0.717) is 6.42 Å². The number of hydrogen-bond donors (Lipinski definition) is 2. The molecule has 1 aromatic rings. The summed E-state index contributed by atoms with van der Waals surface area (Å²) in [7, 11) is -3.79. The van der Waals surface area contributed by atoms with Gasteiger partial charge in [-0.05, 0) is 12.3 Å². The van der Waals surface area contributed by atoms with Crippen LogP contribution in [0, 0.1) is 5.92 Å². The highest BCUT2D eigenvalue weighted by atomic mass is 35.5. The van der Waals surface area contributed by atoms with Crippen molar-refractivity contribution in [3.8, 4) is 0 Å². The Hall–Kier alpha value is -0.770. The Morgan fingerprint density at radius 3 is 2.52 bits per heavy atom. The Labute approximate surface area is 129 Å². The highest BCUT2D eigenvalue weighted by Crippen LogP contribution is 2.11. The molecule has 1 atom stereocenters. The molecule has 1 unspecified atom stereocenters. The van der Waals surface area contributed by atoms with Gasteiger partial charge in [0.2, 0.25) is 10.0 Å². The van der Waals surface area contributed by atoms with Crippen molar-refractivity contribution >= 4 is 22.4 Å². The van der Waals surface area contributed by atoms with Gasteiger partial charge in [0.05, 0.1) is 6.20 Å². The van der Waals surface area contributed by atoms with Crippen LogP contribution in [0.1, 0.15) is 20.3 Å². The van der Waals surface area contributed by atoms with Gasteiger partial charge in [-0.2, -0.15) is 5.10 Å². The van der Waals surface area contributed by atoms with Gasteiger partial charge in [-0.1, -0.05) is 13.8 Å². The minimum Gasteiger partial charge on any atom is -0.329 e. The number of hydrogen-bond acceptors (Lipinski definition) is 4. The molecular formula is C11H21ClF2N4O2S. The van der Waals surface area contributed by atoms with Gasteiger partial charge in [-0.25, -0.2) is 21.9 Å². The van der Waals surface area contributed by atoms with Crippen LogP contribution in [0.4, 0.5) is 8.78 Å². The van der Waals surface area contributed by atoms with Crippen LogP contribution in [0.3, 0.4) is 0 Å². The van der Waals surface area contributed by atoms with E-state index in [-0.39, 0.29) is 29.8 Å². The Bertz CT molecular complexity index is 522. The van der Waals surface area contributed by atoms with Crippen molar-refractivity contribution in [1.82, 2.24) is 14.5 Å². The number of alkyl halides is 2. The molecule has 124 valence electrons. The zero-order valence-electron chi connectivity index (χ0n) is 11.9. The first-order chi connectivity index (χ1) is 9.24. The summed E-state index contributed by atoms with van der Waals surface area (Å²) in [6.45, 7) is 3.44. The number of nitrogens with one attached hydrogen (secondary N) is 1. The van der Waals surface area contributed by atoms with E-state index in [2.05, 4.69) is 9.82 Å². The second-order valence-corrected chi connectivity index (χ2v) is 6.69. The van der Waals surface area contributed by atoms with Crippen LogP contribution in [-0.2, 0) is 16.6 Å². The Kier molecular flexibility index (Phi) is 8.30. The number of sulfonamides is 1. The standard InChI is InChI=1S/C11H20F2N4O2S.ClH/c1-8(2)3-9(4-14)16-20(18,19)10-5-15-17(6-10)7-11(12)13;/h5-6,8-9,11,16H,3-4,7,14H2,1-2H3;1H. The molecule has 0 fully saturated rings. The Morgan fingerprint density at radius 2 is 2.05 bits per heavy atom.